The van der Waals surface area contributed by atoms with Crippen molar-refractivity contribution in [3.05, 3.63) is 61.5 Å². The Morgan fingerprint density at radius 2 is 2.17 bits per heavy atom. The van der Waals surface area contributed by atoms with Crippen molar-refractivity contribution in [3.8, 4) is 0 Å². The number of aromatic nitrogens is 2. The zero-order valence-electron chi connectivity index (χ0n) is 16.4. The topological polar surface area (TPSA) is 93.3 Å². The van der Waals surface area contributed by atoms with Crippen LogP contribution >= 0.6 is 22.9 Å². The third kappa shape index (κ3) is 5.02. The van der Waals surface area contributed by atoms with Gasteiger partial charge in [-0.3, -0.25) is 4.79 Å². The second kappa shape index (κ2) is 9.49. The number of thiophene rings is 1. The van der Waals surface area contributed by atoms with E-state index in [4.69, 9.17) is 21.1 Å². The van der Waals surface area contributed by atoms with Crippen molar-refractivity contribution in [2.24, 2.45) is 0 Å². The predicted molar refractivity (Wildman–Crippen MR) is 114 cm³/mol. The highest BCUT2D eigenvalue weighted by atomic mass is 35.5. The molecule has 0 radical (unpaired) electrons. The molecule has 2 N–H and O–H groups in total. The van der Waals surface area contributed by atoms with Crippen LogP contribution in [0.25, 0.3) is 10.2 Å². The first-order valence-electron chi connectivity index (χ1n) is 9.08. The van der Waals surface area contributed by atoms with Gasteiger partial charge in [-0.15, -0.1) is 11.3 Å². The lowest BCUT2D eigenvalue weighted by Crippen LogP contribution is -2.22. The fourth-order valence-corrected chi connectivity index (χ4v) is 4.19. The number of carbonyl (C=O) groups excluding carboxylic acids is 1. The van der Waals surface area contributed by atoms with Gasteiger partial charge in [0, 0.05) is 18.2 Å². The zero-order valence-corrected chi connectivity index (χ0v) is 17.9. The molecule has 0 spiro atoms. The standard InChI is InChI=1S/C20H22ClN3O4S/c1-11-16-18(25)23-15(10-22-12(2)13-5-4-6-14(21)9-13)24-19(16)29-17(11)20(26)28-8-7-27-3/h4-6,9,12,22H,7-8,10H2,1-3H3,(H,23,24,25). The molecule has 1 unspecified atom stereocenters. The Labute approximate surface area is 177 Å². The van der Waals surface area contributed by atoms with E-state index in [0.29, 0.717) is 44.7 Å². The van der Waals surface area contributed by atoms with Gasteiger partial charge in [-0.25, -0.2) is 9.78 Å². The Hall–Kier alpha value is -2.26. The van der Waals surface area contributed by atoms with Crippen LogP contribution in [0.5, 0.6) is 0 Å². The minimum absolute atomic E-state index is 0.0195. The number of fused-ring (bicyclic) bond motifs is 1. The summed E-state index contributed by atoms with van der Waals surface area (Å²) in [6, 6.07) is 7.60. The van der Waals surface area contributed by atoms with Crippen LogP contribution in [-0.2, 0) is 16.0 Å². The van der Waals surface area contributed by atoms with Crippen molar-refractivity contribution in [1.29, 1.82) is 0 Å². The van der Waals surface area contributed by atoms with Crippen molar-refractivity contribution in [1.82, 2.24) is 15.3 Å². The van der Waals surface area contributed by atoms with Crippen molar-refractivity contribution in [2.75, 3.05) is 20.3 Å². The third-order valence-corrected chi connectivity index (χ3v) is 5.88. The van der Waals surface area contributed by atoms with E-state index in [1.807, 2.05) is 31.2 Å². The van der Waals surface area contributed by atoms with Gasteiger partial charge in [0.15, 0.2) is 0 Å². The average molecular weight is 436 g/mol. The van der Waals surface area contributed by atoms with E-state index >= 15 is 0 Å². The predicted octanol–water partition coefficient (Wildman–Crippen LogP) is 3.60. The number of ether oxygens (including phenoxy) is 2. The van der Waals surface area contributed by atoms with Gasteiger partial charge in [-0.1, -0.05) is 23.7 Å². The number of H-pyrrole nitrogens is 1. The van der Waals surface area contributed by atoms with Gasteiger partial charge in [0.05, 0.1) is 18.5 Å². The minimum atomic E-state index is -0.476. The minimum Gasteiger partial charge on any atom is -0.459 e. The van der Waals surface area contributed by atoms with Gasteiger partial charge >= 0.3 is 5.97 Å². The molecule has 1 aromatic carbocycles. The number of aromatic amines is 1. The Morgan fingerprint density at radius 3 is 2.90 bits per heavy atom. The summed E-state index contributed by atoms with van der Waals surface area (Å²) in [5, 5.41) is 4.41. The number of aryl methyl sites for hydroxylation is 1. The van der Waals surface area contributed by atoms with E-state index < -0.39 is 5.97 Å². The lowest BCUT2D eigenvalue weighted by atomic mass is 10.1. The molecule has 0 saturated heterocycles. The Morgan fingerprint density at radius 1 is 1.38 bits per heavy atom. The maximum atomic E-state index is 12.6. The van der Waals surface area contributed by atoms with Crippen LogP contribution in [0.4, 0.5) is 0 Å². The summed E-state index contributed by atoms with van der Waals surface area (Å²) in [5.41, 5.74) is 1.34. The molecule has 154 valence electrons. The molecule has 2 aromatic heterocycles. The van der Waals surface area contributed by atoms with Crippen LogP contribution in [0, 0.1) is 6.92 Å². The molecular weight excluding hydrogens is 414 g/mol. The highest BCUT2D eigenvalue weighted by Gasteiger charge is 2.20. The SMILES string of the molecule is COCCOC(=O)c1sc2nc(CNC(C)c3cccc(Cl)c3)[nH]c(=O)c2c1C. The normalized spacial score (nSPS) is 12.3. The number of esters is 1. The molecule has 0 aliphatic heterocycles. The molecule has 1 atom stereocenters. The van der Waals surface area contributed by atoms with Crippen molar-refractivity contribution >= 4 is 39.1 Å². The van der Waals surface area contributed by atoms with Crippen LogP contribution < -0.4 is 10.9 Å². The maximum Gasteiger partial charge on any atom is 0.348 e. The Bertz CT molecular complexity index is 1080. The Balaban J connectivity index is 1.78. The molecular formula is C20H22ClN3O4S. The third-order valence-electron chi connectivity index (χ3n) is 4.48. The molecule has 29 heavy (non-hydrogen) atoms. The van der Waals surface area contributed by atoms with Crippen molar-refractivity contribution in [3.63, 3.8) is 0 Å². The number of carbonyl (C=O) groups is 1. The van der Waals surface area contributed by atoms with E-state index in [9.17, 15) is 9.59 Å². The van der Waals surface area contributed by atoms with E-state index in [1.165, 1.54) is 7.11 Å². The number of benzene rings is 1. The number of hydrogen-bond donors (Lipinski definition) is 2. The number of halogens is 1. The van der Waals surface area contributed by atoms with Crippen LogP contribution in [0.3, 0.4) is 0 Å². The lowest BCUT2D eigenvalue weighted by molar-refractivity contribution is 0.0393. The summed E-state index contributed by atoms with van der Waals surface area (Å²) in [6.45, 7) is 4.56. The van der Waals surface area contributed by atoms with Crippen LogP contribution in [-0.4, -0.2) is 36.3 Å². The van der Waals surface area contributed by atoms with E-state index in [1.54, 1.807) is 6.92 Å². The molecule has 0 fully saturated rings. The summed E-state index contributed by atoms with van der Waals surface area (Å²) in [5.74, 6) is 0.0214. The van der Waals surface area contributed by atoms with E-state index in [0.717, 1.165) is 16.9 Å². The molecule has 3 aromatic rings. The first-order valence-corrected chi connectivity index (χ1v) is 10.3. The quantitative estimate of drug-likeness (QED) is 0.414. The second-order valence-electron chi connectivity index (χ2n) is 6.54. The highest BCUT2D eigenvalue weighted by Crippen LogP contribution is 2.27. The summed E-state index contributed by atoms with van der Waals surface area (Å²) in [7, 11) is 1.53. The summed E-state index contributed by atoms with van der Waals surface area (Å²) < 4.78 is 10.1. The fourth-order valence-electron chi connectivity index (χ4n) is 2.89. The fraction of sp³-hybridized carbons (Fsp3) is 0.350. The molecule has 0 aliphatic rings. The van der Waals surface area contributed by atoms with E-state index in [-0.39, 0.29) is 18.2 Å². The smallest absolute Gasteiger partial charge is 0.348 e. The largest absolute Gasteiger partial charge is 0.459 e. The first-order chi connectivity index (χ1) is 13.9. The molecule has 9 heteroatoms. The molecule has 0 bridgehead atoms. The Kier molecular flexibility index (Phi) is 7.02. The molecule has 0 saturated carbocycles. The molecule has 2 heterocycles. The van der Waals surface area contributed by atoms with Gasteiger partial charge in [0.2, 0.25) is 0 Å². The van der Waals surface area contributed by atoms with E-state index in [2.05, 4.69) is 15.3 Å². The van der Waals surface area contributed by atoms with Crippen LogP contribution in [0.15, 0.2) is 29.1 Å². The van der Waals surface area contributed by atoms with Gasteiger partial charge < -0.3 is 19.8 Å². The molecule has 7 nitrogen and oxygen atoms in total. The summed E-state index contributed by atoms with van der Waals surface area (Å²) >= 11 is 7.20. The van der Waals surface area contributed by atoms with Crippen LogP contribution in [0.1, 0.15) is 39.6 Å². The highest BCUT2D eigenvalue weighted by molar-refractivity contribution is 7.20. The lowest BCUT2D eigenvalue weighted by Gasteiger charge is -2.14. The summed E-state index contributed by atoms with van der Waals surface area (Å²) in [4.78, 5) is 33.1. The first kappa shape index (κ1) is 21.4. The summed E-state index contributed by atoms with van der Waals surface area (Å²) in [6.07, 6.45) is 0. The van der Waals surface area contributed by atoms with Crippen molar-refractivity contribution < 1.29 is 14.3 Å². The van der Waals surface area contributed by atoms with Gasteiger partial charge in [-0.2, -0.15) is 0 Å². The van der Waals surface area contributed by atoms with Crippen molar-refractivity contribution in [2.45, 2.75) is 26.4 Å². The monoisotopic (exact) mass is 435 g/mol. The molecule has 0 amide bonds. The number of hydrogen-bond acceptors (Lipinski definition) is 7. The average Bonchev–Trinajstić information content (AvgIpc) is 3.03. The number of nitrogens with one attached hydrogen (secondary N) is 2. The molecule has 3 rings (SSSR count). The van der Waals surface area contributed by atoms with Crippen LogP contribution in [0.2, 0.25) is 5.02 Å². The van der Waals surface area contributed by atoms with Gasteiger partial charge in [0.25, 0.3) is 5.56 Å². The second-order valence-corrected chi connectivity index (χ2v) is 7.97. The molecule has 0 aliphatic carbocycles. The van der Waals surface area contributed by atoms with Gasteiger partial charge in [-0.05, 0) is 37.1 Å². The number of methoxy groups -OCH3 is 1. The maximum absolute atomic E-state index is 12.6. The zero-order chi connectivity index (χ0) is 21.0. The number of nitrogens with zero attached hydrogens (tertiary/aromatic N) is 1. The number of rotatable bonds is 8. The van der Waals surface area contributed by atoms with Gasteiger partial charge in [0.1, 0.15) is 22.1 Å².